The van der Waals surface area contributed by atoms with Gasteiger partial charge in [0, 0.05) is 0 Å². The van der Waals surface area contributed by atoms with Crippen LogP contribution in [-0.2, 0) is 0 Å². The van der Waals surface area contributed by atoms with E-state index in [-0.39, 0.29) is 23.0 Å². The Bertz CT molecular complexity index is 774. The number of fused-ring (bicyclic) bond motifs is 5. The topological polar surface area (TPSA) is 40.5 Å². The fourth-order valence-corrected chi connectivity index (χ4v) is 9.65. The predicted molar refractivity (Wildman–Crippen MR) is 139 cm³/mol. The Labute approximate surface area is 204 Å². The van der Waals surface area contributed by atoms with E-state index in [1.807, 2.05) is 0 Å². The van der Waals surface area contributed by atoms with Crippen LogP contribution in [0.5, 0.6) is 0 Å². The zero-order valence-corrected chi connectivity index (χ0v) is 22.7. The van der Waals surface area contributed by atoms with Crippen molar-refractivity contribution in [1.29, 1.82) is 0 Å². The van der Waals surface area contributed by atoms with Crippen molar-refractivity contribution < 1.29 is 10.2 Å². The SMILES string of the molecule is C=C(C)C(CC[C@@H](C)[C@H]1CC[C@H]2[C@@H]3[C@H](O)C=C4C[C@@H](O)CC[C@]4(C)[C@H]3CC[C@]12C)C(C)(C)C. The number of hydrogen-bond donors (Lipinski definition) is 2. The lowest BCUT2D eigenvalue weighted by molar-refractivity contribution is -0.0972. The molecule has 0 saturated heterocycles. The monoisotopic (exact) mass is 456 g/mol. The van der Waals surface area contributed by atoms with Crippen molar-refractivity contribution in [2.45, 2.75) is 118 Å². The summed E-state index contributed by atoms with van der Waals surface area (Å²) in [5, 5.41) is 21.7. The third-order valence-electron chi connectivity index (χ3n) is 11.4. The van der Waals surface area contributed by atoms with Crippen LogP contribution >= 0.6 is 0 Å². The standard InChI is InChI=1S/C31H52O2/c1-19(2)23(29(4,5)6)10-9-20(3)24-11-12-25-28-26(14-16-31(24,25)8)30(7)15-13-22(32)17-21(30)18-27(28)33/h18,20,22-28,32-33H,1,9-17H2,2-8H3/t20-,22+,23?,24-,25+,26+,27-,28+,30+,31-/m1/s1. The minimum atomic E-state index is -0.323. The number of hydrogen-bond acceptors (Lipinski definition) is 2. The maximum atomic E-state index is 11.4. The van der Waals surface area contributed by atoms with Crippen LogP contribution in [0.2, 0.25) is 0 Å². The van der Waals surface area contributed by atoms with Gasteiger partial charge in [0.05, 0.1) is 12.2 Å². The molecule has 2 nitrogen and oxygen atoms in total. The molecule has 2 N–H and O–H groups in total. The predicted octanol–water partition coefficient (Wildman–Crippen LogP) is 7.55. The molecule has 0 aromatic carbocycles. The molecular weight excluding hydrogens is 404 g/mol. The minimum Gasteiger partial charge on any atom is -0.393 e. The summed E-state index contributed by atoms with van der Waals surface area (Å²) in [6.07, 6.45) is 12.2. The molecule has 33 heavy (non-hydrogen) atoms. The zero-order chi connectivity index (χ0) is 24.3. The van der Waals surface area contributed by atoms with Gasteiger partial charge < -0.3 is 10.2 Å². The Hall–Kier alpha value is -0.600. The number of allylic oxidation sites excluding steroid dienone is 1. The Morgan fingerprint density at radius 3 is 2.39 bits per heavy atom. The highest BCUT2D eigenvalue weighted by molar-refractivity contribution is 5.28. The van der Waals surface area contributed by atoms with Gasteiger partial charge in [-0.25, -0.2) is 0 Å². The summed E-state index contributed by atoms with van der Waals surface area (Å²) in [5.74, 6) is 3.72. The molecule has 1 unspecified atom stereocenters. The molecule has 0 aromatic heterocycles. The van der Waals surface area contributed by atoms with Gasteiger partial charge in [0.25, 0.3) is 0 Å². The maximum Gasteiger partial charge on any atom is 0.0757 e. The third kappa shape index (κ3) is 4.31. The summed E-state index contributed by atoms with van der Waals surface area (Å²) < 4.78 is 0. The first-order chi connectivity index (χ1) is 15.3. The minimum absolute atomic E-state index is 0.190. The number of aliphatic hydroxyl groups excluding tert-OH is 2. The molecule has 0 aliphatic heterocycles. The summed E-state index contributed by atoms with van der Waals surface area (Å²) in [5.41, 5.74) is 3.53. The molecule has 0 aromatic rings. The fourth-order valence-electron chi connectivity index (χ4n) is 9.65. The molecule has 0 radical (unpaired) electrons. The molecule has 0 spiro atoms. The molecule has 3 saturated carbocycles. The quantitative estimate of drug-likeness (QED) is 0.419. The van der Waals surface area contributed by atoms with Crippen molar-refractivity contribution in [1.82, 2.24) is 0 Å². The van der Waals surface area contributed by atoms with Gasteiger partial charge in [0.2, 0.25) is 0 Å². The van der Waals surface area contributed by atoms with Gasteiger partial charge in [-0.15, -0.1) is 0 Å². The largest absolute Gasteiger partial charge is 0.393 e. The lowest BCUT2D eigenvalue weighted by Crippen LogP contribution is -2.55. The summed E-state index contributed by atoms with van der Waals surface area (Å²) in [6.45, 7) is 21.2. The molecule has 188 valence electrons. The van der Waals surface area contributed by atoms with Crippen LogP contribution in [0, 0.1) is 51.8 Å². The van der Waals surface area contributed by atoms with Gasteiger partial charge in [0.15, 0.2) is 0 Å². The highest BCUT2D eigenvalue weighted by Crippen LogP contribution is 2.67. The van der Waals surface area contributed by atoms with E-state index in [0.29, 0.717) is 29.1 Å². The van der Waals surface area contributed by atoms with Gasteiger partial charge in [0.1, 0.15) is 0 Å². The van der Waals surface area contributed by atoms with Crippen LogP contribution in [0.3, 0.4) is 0 Å². The maximum absolute atomic E-state index is 11.4. The summed E-state index contributed by atoms with van der Waals surface area (Å²) in [6, 6.07) is 0. The molecule has 4 rings (SSSR count). The van der Waals surface area contributed by atoms with E-state index in [2.05, 4.69) is 61.1 Å². The zero-order valence-electron chi connectivity index (χ0n) is 22.7. The molecule has 2 heteroatoms. The molecule has 4 aliphatic rings. The van der Waals surface area contributed by atoms with Gasteiger partial charge in [-0.3, -0.25) is 0 Å². The van der Waals surface area contributed by atoms with Gasteiger partial charge in [-0.05, 0) is 116 Å². The van der Waals surface area contributed by atoms with Crippen molar-refractivity contribution in [2.24, 2.45) is 51.8 Å². The van der Waals surface area contributed by atoms with Gasteiger partial charge >= 0.3 is 0 Å². The first-order valence-electron chi connectivity index (χ1n) is 14.0. The van der Waals surface area contributed by atoms with Crippen LogP contribution in [0.15, 0.2) is 23.8 Å². The second-order valence-electron chi connectivity index (χ2n) is 14.3. The highest BCUT2D eigenvalue weighted by Gasteiger charge is 2.61. The second kappa shape index (κ2) is 8.81. The van der Waals surface area contributed by atoms with Crippen LogP contribution in [0.4, 0.5) is 0 Å². The van der Waals surface area contributed by atoms with Gasteiger partial charge in [-0.2, -0.15) is 0 Å². The summed E-state index contributed by atoms with van der Waals surface area (Å²) in [4.78, 5) is 0. The fraction of sp³-hybridized carbons (Fsp3) is 0.871. The Morgan fingerprint density at radius 1 is 1.06 bits per heavy atom. The van der Waals surface area contributed by atoms with E-state index in [4.69, 9.17) is 0 Å². The molecule has 4 aliphatic carbocycles. The molecule has 3 fully saturated rings. The molecular formula is C31H52O2. The van der Waals surface area contributed by atoms with Crippen molar-refractivity contribution in [3.63, 3.8) is 0 Å². The van der Waals surface area contributed by atoms with E-state index >= 15 is 0 Å². The van der Waals surface area contributed by atoms with E-state index in [9.17, 15) is 10.2 Å². The van der Waals surface area contributed by atoms with E-state index in [1.54, 1.807) is 0 Å². The van der Waals surface area contributed by atoms with Crippen molar-refractivity contribution in [2.75, 3.05) is 0 Å². The highest BCUT2D eigenvalue weighted by atomic mass is 16.3. The molecule has 0 bridgehead atoms. The smallest absolute Gasteiger partial charge is 0.0757 e. The van der Waals surface area contributed by atoms with E-state index in [0.717, 1.165) is 31.1 Å². The first-order valence-corrected chi connectivity index (χ1v) is 14.0. The molecule has 10 atom stereocenters. The van der Waals surface area contributed by atoms with Crippen molar-refractivity contribution in [3.05, 3.63) is 23.8 Å². The summed E-state index contributed by atoms with van der Waals surface area (Å²) >= 11 is 0. The third-order valence-corrected chi connectivity index (χ3v) is 11.4. The molecule has 0 heterocycles. The van der Waals surface area contributed by atoms with Gasteiger partial charge in [-0.1, -0.05) is 65.3 Å². The lowest BCUT2D eigenvalue weighted by Gasteiger charge is -2.59. The number of rotatable bonds is 5. The Kier molecular flexibility index (Phi) is 6.80. The lowest BCUT2D eigenvalue weighted by atomic mass is 9.46. The second-order valence-corrected chi connectivity index (χ2v) is 14.3. The average molecular weight is 457 g/mol. The average Bonchev–Trinajstić information content (AvgIpc) is 3.05. The van der Waals surface area contributed by atoms with Crippen molar-refractivity contribution in [3.8, 4) is 0 Å². The van der Waals surface area contributed by atoms with Crippen LogP contribution < -0.4 is 0 Å². The Balaban J connectivity index is 1.51. The van der Waals surface area contributed by atoms with Crippen LogP contribution in [-0.4, -0.2) is 22.4 Å². The molecule has 0 amide bonds. The summed E-state index contributed by atoms with van der Waals surface area (Å²) in [7, 11) is 0. The van der Waals surface area contributed by atoms with E-state index in [1.165, 1.54) is 49.7 Å². The van der Waals surface area contributed by atoms with E-state index < -0.39 is 0 Å². The van der Waals surface area contributed by atoms with Crippen LogP contribution in [0.1, 0.15) is 106 Å². The van der Waals surface area contributed by atoms with Crippen LogP contribution in [0.25, 0.3) is 0 Å². The van der Waals surface area contributed by atoms with Crippen molar-refractivity contribution >= 4 is 0 Å². The number of aliphatic hydroxyl groups is 2. The Morgan fingerprint density at radius 2 is 1.76 bits per heavy atom. The normalized spacial score (nSPS) is 44.8. The first kappa shape index (κ1) is 25.5.